The summed E-state index contributed by atoms with van der Waals surface area (Å²) >= 11 is 0. The molecule has 3 N–H and O–H groups in total. The van der Waals surface area contributed by atoms with Crippen molar-refractivity contribution in [3.63, 3.8) is 0 Å². The number of benzene rings is 2. The van der Waals surface area contributed by atoms with Crippen molar-refractivity contribution in [2.24, 2.45) is 5.92 Å². The highest BCUT2D eigenvalue weighted by Crippen LogP contribution is 2.33. The fourth-order valence-corrected chi connectivity index (χ4v) is 5.00. The number of H-pyrrole nitrogens is 1. The van der Waals surface area contributed by atoms with Crippen molar-refractivity contribution in [1.82, 2.24) is 24.5 Å². The maximum absolute atomic E-state index is 5.20. The van der Waals surface area contributed by atoms with Crippen LogP contribution in [-0.2, 0) is 13.0 Å². The van der Waals surface area contributed by atoms with E-state index < -0.39 is 0 Å². The number of hydrogen-bond acceptors (Lipinski definition) is 5. The third kappa shape index (κ3) is 4.99. The zero-order chi connectivity index (χ0) is 25.6. The molecule has 1 fully saturated rings. The predicted molar refractivity (Wildman–Crippen MR) is 153 cm³/mol. The molecule has 0 amide bonds. The van der Waals surface area contributed by atoms with Gasteiger partial charge in [-0.25, -0.2) is 15.0 Å². The van der Waals surface area contributed by atoms with Gasteiger partial charge in [0.15, 0.2) is 5.82 Å². The molecular formula is C30H37N7. The number of pyridine rings is 1. The van der Waals surface area contributed by atoms with E-state index in [1.165, 1.54) is 18.4 Å². The molecule has 7 heteroatoms. The Morgan fingerprint density at radius 2 is 1.86 bits per heavy atom. The fraction of sp³-hybridized carbons (Fsp3) is 0.433. The summed E-state index contributed by atoms with van der Waals surface area (Å²) in [6.07, 6.45) is 5.83. The second-order valence-electron chi connectivity index (χ2n) is 11.5. The number of fused-ring (bicyclic) bond motifs is 4. The number of aryl methyl sites for hydroxylation is 1. The zero-order valence-corrected chi connectivity index (χ0v) is 22.4. The van der Waals surface area contributed by atoms with Gasteiger partial charge in [0.05, 0.1) is 22.1 Å². The topological polar surface area (TPSA) is 83.4 Å². The maximum Gasteiger partial charge on any atom is 0.201 e. The Morgan fingerprint density at radius 3 is 2.65 bits per heavy atom. The lowest BCUT2D eigenvalue weighted by molar-refractivity contribution is 0.632. The fourth-order valence-electron chi connectivity index (χ4n) is 5.00. The van der Waals surface area contributed by atoms with E-state index in [0.717, 1.165) is 88.8 Å². The van der Waals surface area contributed by atoms with E-state index in [9.17, 15) is 0 Å². The number of aromatic amines is 1. The molecular weight excluding hydrogens is 458 g/mol. The normalized spacial score (nSPS) is 14.2. The second-order valence-corrected chi connectivity index (χ2v) is 11.5. The third-order valence-electron chi connectivity index (χ3n) is 7.05. The monoisotopic (exact) mass is 495 g/mol. The lowest BCUT2D eigenvalue weighted by Crippen LogP contribution is -2.26. The van der Waals surface area contributed by atoms with Crippen molar-refractivity contribution in [3.8, 4) is 0 Å². The Morgan fingerprint density at radius 1 is 1.03 bits per heavy atom. The SMILES string of the molecule is CCCCc1nc2c(NC(C)(C)C)nc3ccccc3c2n1Cc1ccc2nc(NCC3CC3)[nH]c2c1. The first-order chi connectivity index (χ1) is 17.9. The van der Waals surface area contributed by atoms with E-state index in [2.05, 4.69) is 90.3 Å². The lowest BCUT2D eigenvalue weighted by Gasteiger charge is -2.22. The standard InChI is InChI=1S/C30H37N7/c1-5-6-11-25-35-26-27(21-9-7-8-10-22(21)32-28(26)36-30(2,3)4)37(25)18-20-14-15-23-24(16-20)34-29(33-23)31-17-19-12-13-19/h7-10,14-16,19H,5-6,11-13,17-18H2,1-4H3,(H,32,36)(H2,31,33,34). The largest absolute Gasteiger partial charge is 0.364 e. The Kier molecular flexibility index (Phi) is 6.01. The molecule has 1 saturated carbocycles. The van der Waals surface area contributed by atoms with Crippen LogP contribution in [0.25, 0.3) is 33.0 Å². The molecule has 0 saturated heterocycles. The van der Waals surface area contributed by atoms with Crippen LogP contribution in [0.3, 0.4) is 0 Å². The first-order valence-corrected chi connectivity index (χ1v) is 13.7. The number of unbranched alkanes of at least 4 members (excludes halogenated alkanes) is 1. The van der Waals surface area contributed by atoms with Gasteiger partial charge in [-0.2, -0.15) is 0 Å². The van der Waals surface area contributed by atoms with E-state index in [1.807, 2.05) is 0 Å². The number of imidazole rings is 2. The van der Waals surface area contributed by atoms with E-state index in [-0.39, 0.29) is 5.54 Å². The third-order valence-corrected chi connectivity index (χ3v) is 7.05. The Bertz CT molecular complexity index is 1570. The molecule has 1 aliphatic rings. The molecule has 37 heavy (non-hydrogen) atoms. The van der Waals surface area contributed by atoms with Gasteiger partial charge in [0.25, 0.3) is 0 Å². The summed E-state index contributed by atoms with van der Waals surface area (Å²) < 4.78 is 2.41. The summed E-state index contributed by atoms with van der Waals surface area (Å²) in [6.45, 7) is 10.5. The van der Waals surface area contributed by atoms with E-state index in [1.54, 1.807) is 0 Å². The summed E-state index contributed by atoms with van der Waals surface area (Å²) in [6, 6.07) is 15.0. The van der Waals surface area contributed by atoms with Crippen molar-refractivity contribution in [2.75, 3.05) is 17.2 Å². The highest BCUT2D eigenvalue weighted by atomic mass is 15.1. The Labute approximate surface area is 218 Å². The molecule has 1 aliphatic carbocycles. The number of anilines is 2. The quantitative estimate of drug-likeness (QED) is 0.207. The van der Waals surface area contributed by atoms with Crippen LogP contribution in [0, 0.1) is 5.92 Å². The van der Waals surface area contributed by atoms with Crippen LogP contribution < -0.4 is 10.6 Å². The highest BCUT2D eigenvalue weighted by molar-refractivity contribution is 6.07. The van der Waals surface area contributed by atoms with Gasteiger partial charge >= 0.3 is 0 Å². The predicted octanol–water partition coefficient (Wildman–Crippen LogP) is 6.88. The molecule has 192 valence electrons. The smallest absolute Gasteiger partial charge is 0.201 e. The van der Waals surface area contributed by atoms with Gasteiger partial charge in [0, 0.05) is 30.4 Å². The molecule has 0 bridgehead atoms. The molecule has 5 aromatic rings. The van der Waals surface area contributed by atoms with Crippen LogP contribution in [0.5, 0.6) is 0 Å². The number of rotatable bonds is 9. The van der Waals surface area contributed by atoms with Gasteiger partial charge in [0.1, 0.15) is 11.3 Å². The number of nitrogens with zero attached hydrogens (tertiary/aromatic N) is 4. The molecule has 3 heterocycles. The Hall–Kier alpha value is -3.61. The first-order valence-electron chi connectivity index (χ1n) is 13.7. The average Bonchev–Trinajstić information content (AvgIpc) is 3.50. The zero-order valence-electron chi connectivity index (χ0n) is 22.4. The van der Waals surface area contributed by atoms with Gasteiger partial charge in [-0.05, 0) is 69.7 Å². The van der Waals surface area contributed by atoms with Gasteiger partial charge in [0.2, 0.25) is 5.95 Å². The number of nitrogens with one attached hydrogen (secondary N) is 3. The second kappa shape index (κ2) is 9.36. The molecule has 0 unspecified atom stereocenters. The van der Waals surface area contributed by atoms with Crippen LogP contribution in [0.2, 0.25) is 0 Å². The lowest BCUT2D eigenvalue weighted by atomic mass is 10.1. The van der Waals surface area contributed by atoms with Crippen molar-refractivity contribution < 1.29 is 0 Å². The Balaban J connectivity index is 1.45. The molecule has 6 rings (SSSR count). The molecule has 3 aromatic heterocycles. The van der Waals surface area contributed by atoms with Crippen LogP contribution in [-0.4, -0.2) is 36.6 Å². The molecule has 0 aliphatic heterocycles. The van der Waals surface area contributed by atoms with Gasteiger partial charge in [-0.15, -0.1) is 0 Å². The number of hydrogen-bond donors (Lipinski definition) is 3. The average molecular weight is 496 g/mol. The van der Waals surface area contributed by atoms with Crippen LogP contribution >= 0.6 is 0 Å². The van der Waals surface area contributed by atoms with Crippen LogP contribution in [0.1, 0.15) is 64.8 Å². The highest BCUT2D eigenvalue weighted by Gasteiger charge is 2.22. The first kappa shape index (κ1) is 23.8. The van der Waals surface area contributed by atoms with E-state index >= 15 is 0 Å². The van der Waals surface area contributed by atoms with Crippen LogP contribution in [0.4, 0.5) is 11.8 Å². The van der Waals surface area contributed by atoms with Gasteiger partial charge in [-0.3, -0.25) is 0 Å². The summed E-state index contributed by atoms with van der Waals surface area (Å²) in [5.74, 6) is 3.64. The van der Waals surface area contributed by atoms with Gasteiger partial charge < -0.3 is 20.2 Å². The molecule has 0 atom stereocenters. The van der Waals surface area contributed by atoms with Crippen molar-refractivity contribution in [3.05, 3.63) is 53.9 Å². The molecule has 2 aromatic carbocycles. The molecule has 7 nitrogen and oxygen atoms in total. The van der Waals surface area contributed by atoms with Crippen molar-refractivity contribution >= 4 is 44.7 Å². The summed E-state index contributed by atoms with van der Waals surface area (Å²) in [5, 5.41) is 8.23. The summed E-state index contributed by atoms with van der Waals surface area (Å²) in [4.78, 5) is 18.4. The minimum absolute atomic E-state index is 0.118. The summed E-state index contributed by atoms with van der Waals surface area (Å²) in [7, 11) is 0. The molecule has 0 spiro atoms. The van der Waals surface area contributed by atoms with Crippen molar-refractivity contribution in [2.45, 2.75) is 71.9 Å². The van der Waals surface area contributed by atoms with E-state index in [4.69, 9.17) is 15.0 Å². The number of para-hydroxylation sites is 1. The number of aromatic nitrogens is 5. The minimum atomic E-state index is -0.118. The minimum Gasteiger partial charge on any atom is -0.364 e. The van der Waals surface area contributed by atoms with Crippen LogP contribution in [0.15, 0.2) is 42.5 Å². The maximum atomic E-state index is 5.20. The summed E-state index contributed by atoms with van der Waals surface area (Å²) in [5.41, 5.74) is 6.27. The van der Waals surface area contributed by atoms with E-state index in [0.29, 0.717) is 0 Å². The molecule has 0 radical (unpaired) electrons. The van der Waals surface area contributed by atoms with Crippen molar-refractivity contribution in [1.29, 1.82) is 0 Å². The van der Waals surface area contributed by atoms with Gasteiger partial charge in [-0.1, -0.05) is 37.6 Å².